The van der Waals surface area contributed by atoms with E-state index in [9.17, 15) is 29.7 Å². The fourth-order valence-corrected chi connectivity index (χ4v) is 6.88. The van der Waals surface area contributed by atoms with Crippen molar-refractivity contribution in [2.45, 2.75) is 32.4 Å². The number of phenolic OH excluding ortho intramolecular Hbond substituents is 1. The number of hydrogen-bond donors (Lipinski definition) is 4. The molecule has 0 aliphatic heterocycles. The van der Waals surface area contributed by atoms with Gasteiger partial charge in [-0.2, -0.15) is 0 Å². The summed E-state index contributed by atoms with van der Waals surface area (Å²) in [6, 6.07) is 6.48. The highest BCUT2D eigenvalue weighted by Gasteiger charge is 2.62. The molecular formula is C30H34N4O6. The molecule has 5 rings (SSSR count). The van der Waals surface area contributed by atoms with E-state index in [1.54, 1.807) is 31.3 Å². The molecule has 3 aliphatic rings. The fraction of sp³-hybridized carbons (Fsp3) is 0.400. The maximum Gasteiger partial charge on any atom is 0.255 e. The number of rotatable bonds is 5. The highest BCUT2D eigenvalue weighted by atomic mass is 16.3. The molecule has 1 heterocycles. The number of carbonyl (C=O) groups excluding carboxylic acids is 3. The van der Waals surface area contributed by atoms with Gasteiger partial charge >= 0.3 is 0 Å². The summed E-state index contributed by atoms with van der Waals surface area (Å²) in [5.74, 6) is -4.68. The molecule has 3 aliphatic carbocycles. The fourth-order valence-electron chi connectivity index (χ4n) is 6.88. The van der Waals surface area contributed by atoms with Crippen molar-refractivity contribution in [3.05, 3.63) is 64.1 Å². The van der Waals surface area contributed by atoms with E-state index in [-0.39, 0.29) is 29.1 Å². The summed E-state index contributed by atoms with van der Waals surface area (Å²) in [5, 5.41) is 34.4. The van der Waals surface area contributed by atoms with Gasteiger partial charge in [0.25, 0.3) is 5.91 Å². The lowest BCUT2D eigenvalue weighted by atomic mass is 9.52. The molecule has 10 nitrogen and oxygen atoms in total. The lowest BCUT2D eigenvalue weighted by Gasteiger charge is -2.51. The topological polar surface area (TPSA) is 157 Å². The second kappa shape index (κ2) is 9.57. The molecular weight excluding hydrogens is 512 g/mol. The number of aliphatic hydroxyl groups excluding tert-OH is 2. The van der Waals surface area contributed by atoms with E-state index in [1.807, 2.05) is 37.2 Å². The Morgan fingerprint density at radius 1 is 1.15 bits per heavy atom. The molecule has 1 aromatic heterocycles. The number of aromatic nitrogens is 1. The van der Waals surface area contributed by atoms with E-state index in [0.29, 0.717) is 29.8 Å². The Hall–Kier alpha value is -4.02. The van der Waals surface area contributed by atoms with Gasteiger partial charge in [0.1, 0.15) is 22.8 Å². The molecule has 1 aromatic carbocycles. The number of aromatic hydroxyl groups is 1. The first kappa shape index (κ1) is 27.5. The molecule has 40 heavy (non-hydrogen) atoms. The van der Waals surface area contributed by atoms with Gasteiger partial charge in [0.05, 0.1) is 22.7 Å². The predicted octanol–water partition coefficient (Wildman–Crippen LogP) is 2.36. The van der Waals surface area contributed by atoms with Crippen molar-refractivity contribution in [1.82, 2.24) is 14.8 Å². The zero-order valence-corrected chi connectivity index (χ0v) is 23.2. The second-order valence-electron chi connectivity index (χ2n) is 11.6. The number of hydrogen-bond acceptors (Lipinski definition) is 9. The van der Waals surface area contributed by atoms with Crippen LogP contribution < -0.4 is 5.73 Å². The van der Waals surface area contributed by atoms with Gasteiger partial charge < -0.3 is 26.0 Å². The number of benzene rings is 1. The smallest absolute Gasteiger partial charge is 0.255 e. The van der Waals surface area contributed by atoms with E-state index in [2.05, 4.69) is 4.98 Å². The third-order valence-electron chi connectivity index (χ3n) is 8.69. The maximum atomic E-state index is 14.3. The lowest BCUT2D eigenvalue weighted by molar-refractivity contribution is -0.139. The van der Waals surface area contributed by atoms with Crippen LogP contribution in [0.4, 0.5) is 0 Å². The van der Waals surface area contributed by atoms with Crippen LogP contribution in [0.25, 0.3) is 17.0 Å². The van der Waals surface area contributed by atoms with Crippen molar-refractivity contribution in [2.75, 3.05) is 28.2 Å². The summed E-state index contributed by atoms with van der Waals surface area (Å²) in [4.78, 5) is 48.0. The molecule has 1 unspecified atom stereocenters. The van der Waals surface area contributed by atoms with Crippen molar-refractivity contribution < 1.29 is 29.7 Å². The number of aliphatic hydroxyl groups is 2. The van der Waals surface area contributed by atoms with E-state index >= 15 is 0 Å². The molecule has 5 N–H and O–H groups in total. The zero-order valence-electron chi connectivity index (χ0n) is 23.2. The highest BCUT2D eigenvalue weighted by molar-refractivity contribution is 6.24. The van der Waals surface area contributed by atoms with E-state index in [0.717, 1.165) is 5.56 Å². The highest BCUT2D eigenvalue weighted by Crippen LogP contribution is 2.57. The first-order chi connectivity index (χ1) is 18.8. The number of primary amides is 1. The molecule has 1 amide bonds. The molecule has 0 bridgehead atoms. The number of likely N-dealkylation sites (N-methyl/N-ethyl adjacent to an activating group) is 1. The van der Waals surface area contributed by atoms with E-state index in [4.69, 9.17) is 5.73 Å². The number of nitrogens with zero attached hydrogens (tertiary/aromatic N) is 3. The van der Waals surface area contributed by atoms with Gasteiger partial charge in [0.2, 0.25) is 0 Å². The molecule has 0 spiro atoms. The van der Waals surface area contributed by atoms with E-state index in [1.165, 1.54) is 6.92 Å². The van der Waals surface area contributed by atoms with E-state index < -0.39 is 52.1 Å². The number of pyridine rings is 1. The van der Waals surface area contributed by atoms with Crippen LogP contribution in [0, 0.1) is 17.3 Å². The SMILES string of the molecule is CN(C)Cc1cc(-c2ccccn2)c2c(c1O)C(O)=C1C(=O)C3(C)C(O)=C(C(N)=O)C(=O)[C@H](N(C)C)[C@@H]3C[C@@H]1C2. The van der Waals surface area contributed by atoms with Crippen LogP contribution >= 0.6 is 0 Å². The quantitative estimate of drug-likeness (QED) is 0.413. The maximum absolute atomic E-state index is 14.3. The molecule has 4 atom stereocenters. The number of fused-ring (bicyclic) bond motifs is 3. The third kappa shape index (κ3) is 3.85. The minimum absolute atomic E-state index is 0.0674. The molecule has 210 valence electrons. The van der Waals surface area contributed by atoms with Crippen LogP contribution in [0.15, 0.2) is 47.4 Å². The van der Waals surface area contributed by atoms with Crippen LogP contribution in [-0.4, -0.2) is 81.8 Å². The number of allylic oxidation sites excluding steroid dienone is 2. The molecule has 1 saturated carbocycles. The van der Waals surface area contributed by atoms with Crippen LogP contribution in [-0.2, 0) is 27.3 Å². The van der Waals surface area contributed by atoms with Crippen LogP contribution in [0.5, 0.6) is 5.75 Å². The monoisotopic (exact) mass is 546 g/mol. The number of nitrogens with two attached hydrogens (primary N) is 1. The molecule has 0 saturated heterocycles. The molecule has 1 fully saturated rings. The van der Waals surface area contributed by atoms with Gasteiger partial charge in [0, 0.05) is 35.4 Å². The number of amides is 1. The Bertz CT molecular complexity index is 1510. The predicted molar refractivity (Wildman–Crippen MR) is 148 cm³/mol. The third-order valence-corrected chi connectivity index (χ3v) is 8.69. The van der Waals surface area contributed by atoms with Crippen molar-refractivity contribution in [2.24, 2.45) is 23.0 Å². The van der Waals surface area contributed by atoms with Crippen molar-refractivity contribution in [3.8, 4) is 17.0 Å². The van der Waals surface area contributed by atoms with Crippen LogP contribution in [0.3, 0.4) is 0 Å². The van der Waals surface area contributed by atoms with Crippen LogP contribution in [0.2, 0.25) is 0 Å². The normalized spacial score (nSPS) is 26.2. The first-order valence-corrected chi connectivity index (χ1v) is 13.2. The number of ketones is 2. The number of carbonyl (C=O) groups is 3. The number of phenols is 1. The average Bonchev–Trinajstić information content (AvgIpc) is 2.87. The van der Waals surface area contributed by atoms with Crippen molar-refractivity contribution in [1.29, 1.82) is 0 Å². The van der Waals surface area contributed by atoms with Crippen molar-refractivity contribution in [3.63, 3.8) is 0 Å². The second-order valence-corrected chi connectivity index (χ2v) is 11.6. The summed E-state index contributed by atoms with van der Waals surface area (Å²) in [6.07, 6.45) is 2.24. The summed E-state index contributed by atoms with van der Waals surface area (Å²) >= 11 is 0. The minimum Gasteiger partial charge on any atom is -0.510 e. The standard InChI is InChI=1S/C30H34N4O6/c1-30-18(23(34(4)5)26(37)22(28(30)39)29(31)40)12-14-10-17-16(19-8-6-7-9-32-19)11-15(13-33(2)3)24(35)21(17)25(36)20(14)27(30)38/h6-9,11,14,18,23,35-36,39H,10,12-13H2,1-5H3,(H2,31,40)/t14-,18-,23+,30?/m0/s1. The van der Waals surface area contributed by atoms with Gasteiger partial charge in [-0.1, -0.05) is 6.07 Å². The molecule has 10 heteroatoms. The Labute approximate surface area is 232 Å². The van der Waals surface area contributed by atoms with Gasteiger partial charge in [-0.15, -0.1) is 0 Å². The van der Waals surface area contributed by atoms with Gasteiger partial charge in [-0.25, -0.2) is 0 Å². The Morgan fingerprint density at radius 3 is 2.42 bits per heavy atom. The Morgan fingerprint density at radius 2 is 1.85 bits per heavy atom. The number of Topliss-reactive ketones (excluding diaryl/α,β-unsaturated/α-hetero) is 2. The lowest BCUT2D eigenvalue weighted by Crippen LogP contribution is -2.60. The average molecular weight is 547 g/mol. The summed E-state index contributed by atoms with van der Waals surface area (Å²) in [5.41, 5.74) is 6.06. The minimum atomic E-state index is -1.68. The van der Waals surface area contributed by atoms with Gasteiger partial charge in [-0.3, -0.25) is 24.3 Å². The Kier molecular flexibility index (Phi) is 6.59. The summed E-state index contributed by atoms with van der Waals surface area (Å²) < 4.78 is 0. The van der Waals surface area contributed by atoms with Gasteiger partial charge in [0.15, 0.2) is 11.6 Å². The first-order valence-electron chi connectivity index (χ1n) is 13.2. The summed E-state index contributed by atoms with van der Waals surface area (Å²) in [6.45, 7) is 1.87. The van der Waals surface area contributed by atoms with Crippen molar-refractivity contribution >= 4 is 23.2 Å². The van der Waals surface area contributed by atoms with Gasteiger partial charge in [-0.05, 0) is 77.6 Å². The molecule has 0 radical (unpaired) electrons. The summed E-state index contributed by atoms with van der Waals surface area (Å²) in [7, 11) is 7.07. The Balaban J connectivity index is 1.78. The van der Waals surface area contributed by atoms with Crippen LogP contribution in [0.1, 0.15) is 30.0 Å². The largest absolute Gasteiger partial charge is 0.510 e. The molecule has 2 aromatic rings. The zero-order chi connectivity index (χ0) is 29.3.